The van der Waals surface area contributed by atoms with Crippen LogP contribution in [0.2, 0.25) is 0 Å². The number of rotatable bonds is 4. The van der Waals surface area contributed by atoms with Crippen molar-refractivity contribution in [1.29, 1.82) is 0 Å². The van der Waals surface area contributed by atoms with E-state index < -0.39 is 5.82 Å². The summed E-state index contributed by atoms with van der Waals surface area (Å²) in [6.07, 6.45) is 6.46. The highest BCUT2D eigenvalue weighted by molar-refractivity contribution is 5.92. The monoisotopic (exact) mass is 330 g/mol. The average molecular weight is 330 g/mol. The van der Waals surface area contributed by atoms with Gasteiger partial charge in [0.05, 0.1) is 13.3 Å². The highest BCUT2D eigenvalue weighted by Crippen LogP contribution is 2.24. The summed E-state index contributed by atoms with van der Waals surface area (Å²) in [6.45, 7) is 1.49. The van der Waals surface area contributed by atoms with E-state index in [1.807, 2.05) is 0 Å². The van der Waals surface area contributed by atoms with Gasteiger partial charge in [-0.3, -0.25) is 9.78 Å². The molecule has 1 N–H and O–H groups in total. The van der Waals surface area contributed by atoms with Crippen LogP contribution in [0.4, 0.5) is 15.9 Å². The molecule has 1 aromatic carbocycles. The highest BCUT2D eigenvalue weighted by Gasteiger charge is 2.25. The van der Waals surface area contributed by atoms with Crippen molar-refractivity contribution < 1.29 is 13.9 Å². The van der Waals surface area contributed by atoms with E-state index in [0.29, 0.717) is 5.69 Å². The number of carbonyl (C=O) groups is 1. The molecule has 0 spiro atoms. The first kappa shape index (κ1) is 16.2. The number of anilines is 2. The van der Waals surface area contributed by atoms with Gasteiger partial charge in [-0.2, -0.15) is 0 Å². The van der Waals surface area contributed by atoms with E-state index in [2.05, 4.69) is 20.2 Å². The van der Waals surface area contributed by atoms with Crippen LogP contribution in [-0.4, -0.2) is 36.1 Å². The zero-order valence-electron chi connectivity index (χ0n) is 13.4. The van der Waals surface area contributed by atoms with Crippen molar-refractivity contribution in [2.24, 2.45) is 5.92 Å². The van der Waals surface area contributed by atoms with Gasteiger partial charge in [-0.15, -0.1) is 0 Å². The summed E-state index contributed by atoms with van der Waals surface area (Å²) in [4.78, 5) is 22.8. The van der Waals surface area contributed by atoms with Crippen molar-refractivity contribution in [2.75, 3.05) is 30.4 Å². The van der Waals surface area contributed by atoms with Gasteiger partial charge < -0.3 is 15.0 Å². The van der Waals surface area contributed by atoms with Gasteiger partial charge in [-0.05, 0) is 25.0 Å². The summed E-state index contributed by atoms with van der Waals surface area (Å²) in [5, 5.41) is 2.78. The zero-order chi connectivity index (χ0) is 16.9. The lowest BCUT2D eigenvalue weighted by Gasteiger charge is -2.31. The number of benzene rings is 1. The first-order valence-corrected chi connectivity index (χ1v) is 7.82. The number of carbonyl (C=O) groups excluding carboxylic acids is 1. The number of hydrogen-bond acceptors (Lipinski definition) is 5. The van der Waals surface area contributed by atoms with Crippen LogP contribution < -0.4 is 15.0 Å². The van der Waals surface area contributed by atoms with Gasteiger partial charge in [-0.1, -0.05) is 0 Å². The second-order valence-electron chi connectivity index (χ2n) is 5.66. The van der Waals surface area contributed by atoms with E-state index in [1.54, 1.807) is 24.7 Å². The molecule has 0 saturated carbocycles. The van der Waals surface area contributed by atoms with Crippen molar-refractivity contribution in [3.05, 3.63) is 42.6 Å². The standard InChI is InChI=1S/C17H19FN4O2/c1-24-15-3-2-13(10-14(15)18)21-17(23)12-4-8-22(9-5-12)16-11-19-6-7-20-16/h2-3,6-7,10-12H,4-5,8-9H2,1H3,(H,21,23). The molecule has 0 bridgehead atoms. The molecule has 1 aromatic heterocycles. The molecule has 126 valence electrons. The molecular weight excluding hydrogens is 311 g/mol. The van der Waals surface area contributed by atoms with E-state index in [1.165, 1.54) is 19.2 Å². The molecule has 0 radical (unpaired) electrons. The number of aromatic nitrogens is 2. The highest BCUT2D eigenvalue weighted by atomic mass is 19.1. The lowest BCUT2D eigenvalue weighted by Crippen LogP contribution is -2.38. The maximum absolute atomic E-state index is 13.7. The molecule has 1 aliphatic rings. The number of ether oxygens (including phenoxy) is 1. The molecular formula is C17H19FN4O2. The van der Waals surface area contributed by atoms with Gasteiger partial charge in [0.25, 0.3) is 0 Å². The number of hydrogen-bond donors (Lipinski definition) is 1. The van der Waals surface area contributed by atoms with E-state index in [4.69, 9.17) is 4.74 Å². The average Bonchev–Trinajstić information content (AvgIpc) is 2.63. The van der Waals surface area contributed by atoms with Gasteiger partial charge in [-0.25, -0.2) is 9.37 Å². The normalized spacial score (nSPS) is 15.2. The summed E-state index contributed by atoms with van der Waals surface area (Å²) >= 11 is 0. The molecule has 24 heavy (non-hydrogen) atoms. The van der Waals surface area contributed by atoms with Crippen LogP contribution in [-0.2, 0) is 4.79 Å². The number of nitrogens with zero attached hydrogens (tertiary/aromatic N) is 3. The van der Waals surface area contributed by atoms with Crippen LogP contribution in [0.5, 0.6) is 5.75 Å². The minimum Gasteiger partial charge on any atom is -0.494 e. The van der Waals surface area contributed by atoms with Crippen LogP contribution in [0.1, 0.15) is 12.8 Å². The Balaban J connectivity index is 1.56. The molecule has 2 heterocycles. The fourth-order valence-electron chi connectivity index (χ4n) is 2.81. The van der Waals surface area contributed by atoms with Gasteiger partial charge in [0.1, 0.15) is 5.82 Å². The lowest BCUT2D eigenvalue weighted by molar-refractivity contribution is -0.120. The van der Waals surface area contributed by atoms with Crippen molar-refractivity contribution >= 4 is 17.4 Å². The summed E-state index contributed by atoms with van der Waals surface area (Å²) in [5.41, 5.74) is 0.439. The third-order valence-electron chi connectivity index (χ3n) is 4.16. The predicted molar refractivity (Wildman–Crippen MR) is 88.6 cm³/mol. The second-order valence-corrected chi connectivity index (χ2v) is 5.66. The first-order chi connectivity index (χ1) is 11.7. The van der Waals surface area contributed by atoms with E-state index >= 15 is 0 Å². The Bertz CT molecular complexity index is 703. The Kier molecular flexibility index (Phi) is 4.88. The van der Waals surface area contributed by atoms with Crippen LogP contribution in [0.3, 0.4) is 0 Å². The minimum absolute atomic E-state index is 0.0848. The van der Waals surface area contributed by atoms with Crippen molar-refractivity contribution in [2.45, 2.75) is 12.8 Å². The quantitative estimate of drug-likeness (QED) is 0.933. The number of amides is 1. The maximum Gasteiger partial charge on any atom is 0.227 e. The number of halogens is 1. The molecule has 1 saturated heterocycles. The van der Waals surface area contributed by atoms with Gasteiger partial charge in [0.2, 0.25) is 5.91 Å². The van der Waals surface area contributed by atoms with E-state index in [9.17, 15) is 9.18 Å². The van der Waals surface area contributed by atoms with Crippen LogP contribution in [0.25, 0.3) is 0 Å². The Morgan fingerprint density at radius 2 is 2.12 bits per heavy atom. The van der Waals surface area contributed by atoms with Crippen LogP contribution in [0.15, 0.2) is 36.8 Å². The predicted octanol–water partition coefficient (Wildman–Crippen LogP) is 2.48. The summed E-state index contributed by atoms with van der Waals surface area (Å²) in [7, 11) is 1.40. The van der Waals surface area contributed by atoms with Crippen LogP contribution >= 0.6 is 0 Å². The van der Waals surface area contributed by atoms with Gasteiger partial charge in [0, 0.05) is 43.2 Å². The number of nitrogens with one attached hydrogen (secondary N) is 1. The van der Waals surface area contributed by atoms with Gasteiger partial charge >= 0.3 is 0 Å². The largest absolute Gasteiger partial charge is 0.494 e. The van der Waals surface area contributed by atoms with Gasteiger partial charge in [0.15, 0.2) is 11.6 Å². The Morgan fingerprint density at radius 1 is 1.33 bits per heavy atom. The summed E-state index contributed by atoms with van der Waals surface area (Å²) in [6, 6.07) is 4.40. The summed E-state index contributed by atoms with van der Waals surface area (Å²) in [5.74, 6) is 0.313. The molecule has 3 rings (SSSR count). The molecule has 1 fully saturated rings. The topological polar surface area (TPSA) is 67.3 Å². The van der Waals surface area contributed by atoms with Crippen LogP contribution in [0, 0.1) is 11.7 Å². The fourth-order valence-corrected chi connectivity index (χ4v) is 2.81. The second kappa shape index (κ2) is 7.25. The Morgan fingerprint density at radius 3 is 2.75 bits per heavy atom. The molecule has 6 nitrogen and oxygen atoms in total. The zero-order valence-corrected chi connectivity index (χ0v) is 13.4. The molecule has 0 atom stereocenters. The lowest BCUT2D eigenvalue weighted by atomic mass is 9.96. The van der Waals surface area contributed by atoms with E-state index in [-0.39, 0.29) is 17.6 Å². The third kappa shape index (κ3) is 3.61. The molecule has 0 unspecified atom stereocenters. The van der Waals surface area contributed by atoms with Crippen molar-refractivity contribution in [3.8, 4) is 5.75 Å². The maximum atomic E-state index is 13.7. The van der Waals surface area contributed by atoms with Crippen molar-refractivity contribution in [1.82, 2.24) is 9.97 Å². The minimum atomic E-state index is -0.493. The Hall–Kier alpha value is -2.70. The fraction of sp³-hybridized carbons (Fsp3) is 0.353. The molecule has 0 aliphatic carbocycles. The number of methoxy groups -OCH3 is 1. The molecule has 2 aromatic rings. The molecule has 1 aliphatic heterocycles. The SMILES string of the molecule is COc1ccc(NC(=O)C2CCN(c3cnccn3)CC2)cc1F. The molecule has 7 heteroatoms. The third-order valence-corrected chi connectivity index (χ3v) is 4.16. The smallest absolute Gasteiger partial charge is 0.227 e. The molecule has 1 amide bonds. The number of piperidine rings is 1. The Labute approximate surface area is 139 Å². The van der Waals surface area contributed by atoms with Crippen molar-refractivity contribution in [3.63, 3.8) is 0 Å². The summed E-state index contributed by atoms with van der Waals surface area (Å²) < 4.78 is 18.6. The van der Waals surface area contributed by atoms with E-state index in [0.717, 1.165) is 31.7 Å². The first-order valence-electron chi connectivity index (χ1n) is 7.82.